The molecule has 25 heteroatoms. The molecule has 0 spiro atoms. The molecule has 10 N–H and O–H groups in total. The van der Waals surface area contributed by atoms with Crippen molar-refractivity contribution in [3.63, 3.8) is 0 Å². The van der Waals surface area contributed by atoms with Crippen molar-refractivity contribution < 1.29 is 38.8 Å². The number of phosphoric acid groups is 1. The molecule has 7 aromatic heterocycles. The Morgan fingerprint density at radius 3 is 0.951 bits per heavy atom. The Morgan fingerprint density at radius 1 is 0.378 bits per heavy atom. The first kappa shape index (κ1) is 132. The minimum Gasteiger partial charge on any atom is -0.393 e. The zero-order valence-corrected chi connectivity index (χ0v) is 95.6. The van der Waals surface area contributed by atoms with Crippen LogP contribution in [0.5, 0.6) is 0 Å². The van der Waals surface area contributed by atoms with Gasteiger partial charge in [0.2, 0.25) is 6.33 Å². The highest BCUT2D eigenvalue weighted by Gasteiger charge is 2.28. The van der Waals surface area contributed by atoms with Gasteiger partial charge in [-0.3, -0.25) is 9.09 Å². The molecule has 143 heavy (non-hydrogen) atoms. The van der Waals surface area contributed by atoms with Crippen molar-refractivity contribution in [2.45, 2.75) is 347 Å². The van der Waals surface area contributed by atoms with Crippen LogP contribution in [0.15, 0.2) is 236 Å². The van der Waals surface area contributed by atoms with Crippen molar-refractivity contribution in [3.8, 4) is 0 Å². The number of para-hydroxylation sites is 10. The van der Waals surface area contributed by atoms with E-state index in [2.05, 4.69) is 330 Å². The average molecular weight is 1990 g/mol. The molecule has 3 unspecified atom stereocenters. The number of aliphatic hydroxyl groups excluding tert-OH is 3. The summed E-state index contributed by atoms with van der Waals surface area (Å²) >= 11 is 0. The summed E-state index contributed by atoms with van der Waals surface area (Å²) in [5.41, 5.74) is 14.6. The molecule has 0 fully saturated rings. The van der Waals surface area contributed by atoms with Crippen molar-refractivity contribution in [2.75, 3.05) is 0 Å². The number of fused-ring (bicyclic) bond motifs is 5. The smallest absolute Gasteiger partial charge is 0.393 e. The number of aliphatic hydroxyl groups is 3. The lowest BCUT2D eigenvalue weighted by Gasteiger charge is -2.22. The Morgan fingerprint density at radius 2 is 0.692 bits per heavy atom. The molecule has 7 atom stereocenters. The molecule has 0 saturated carbocycles. The first-order valence-corrected chi connectivity index (χ1v) is 53.3. The van der Waals surface area contributed by atoms with Crippen LogP contribution in [-0.2, 0) is 36.0 Å². The van der Waals surface area contributed by atoms with Crippen LogP contribution >= 0.6 is 7.82 Å². The van der Waals surface area contributed by atoms with Gasteiger partial charge in [-0.05, 0) is 190 Å². The van der Waals surface area contributed by atoms with Crippen molar-refractivity contribution in [2.24, 2.45) is 55.5 Å². The third kappa shape index (κ3) is 59.9. The molecule has 24 nitrogen and oxygen atoms in total. The number of benzene rings is 8. The maximum atomic E-state index is 11.7. The Balaban J connectivity index is 0.00000153. The predicted molar refractivity (Wildman–Crippen MR) is 606 cm³/mol. The topological polar surface area (TPSA) is 332 Å². The molecule has 0 aliphatic heterocycles. The fraction of sp³-hybridized carbons (Fsp3) is 0.517. The van der Waals surface area contributed by atoms with Crippen molar-refractivity contribution >= 4 is 63.0 Å². The summed E-state index contributed by atoms with van der Waals surface area (Å²) in [6.07, 6.45) is 7.50. The fourth-order valence-electron chi connectivity index (χ4n) is 12.3. The highest BCUT2D eigenvalue weighted by molar-refractivity contribution is 7.46. The third-order valence-electron chi connectivity index (χ3n) is 19.8. The number of aryl methyl sites for hydroxylation is 4. The van der Waals surface area contributed by atoms with Crippen LogP contribution in [0.2, 0.25) is 0 Å². The number of imidazole rings is 5. The van der Waals surface area contributed by atoms with Crippen LogP contribution in [0, 0.1) is 48.3 Å². The summed E-state index contributed by atoms with van der Waals surface area (Å²) in [7, 11) is -1.10. The number of phosphoric ester groups is 1. The Kier molecular flexibility index (Phi) is 67.7. The van der Waals surface area contributed by atoms with Gasteiger partial charge in [-0.2, -0.15) is 5.10 Å². The maximum absolute atomic E-state index is 11.7. The summed E-state index contributed by atoms with van der Waals surface area (Å²) in [5, 5.41) is 35.7. The summed E-state index contributed by atoms with van der Waals surface area (Å²) in [4.78, 5) is 67.4. The normalized spacial score (nSPS) is 12.2. The number of aromatic amines is 5. The predicted octanol–water partition coefficient (Wildman–Crippen LogP) is 29.7. The number of rotatable bonds is 19. The molecule has 0 aliphatic carbocycles. The van der Waals surface area contributed by atoms with E-state index in [1.807, 2.05) is 179 Å². The van der Waals surface area contributed by atoms with Gasteiger partial charge in [0.1, 0.15) is 41.5 Å². The molecule has 15 rings (SSSR count). The number of nitrogens with one attached hydrogen (secondary N) is 5. The molecule has 8 aromatic carbocycles. The van der Waals surface area contributed by atoms with Crippen LogP contribution < -0.4 is 10.3 Å². The second-order valence-electron chi connectivity index (χ2n) is 41.1. The van der Waals surface area contributed by atoms with E-state index in [1.54, 1.807) is 45.8 Å². The van der Waals surface area contributed by atoms with Gasteiger partial charge in [-0.25, -0.2) is 43.5 Å². The molecule has 794 valence electrons. The highest BCUT2D eigenvalue weighted by Crippen LogP contribution is 2.40. The van der Waals surface area contributed by atoms with E-state index in [4.69, 9.17) is 14.9 Å². The van der Waals surface area contributed by atoms with Crippen LogP contribution in [0.1, 0.15) is 349 Å². The SMILES string of the molecule is CC(C)C.CC(C)C.CC(C)C.CC(C)C.CC(C)C.CC(C)C(C)O.CC(C)Cc1nc2ccccc2[nH]1.CC(C)c1ccccc1.CC(C)c1ccccc1.CC(C)c1ccccc1.CC(C)c1nc2ccccc2[nH]1.CCC(c1nc2ccccc2[nH]1)C(C)O.CC[C@@H]([C@@H](C)O)n1c[n+](C)cn1.CC[C@@H]([C@@H](C)OP(=O)(O)O)n1ncn(C)c1=O.CCc1nc2ccccc2[nH]1.Cc1nc2ccccc2[nH]1. The van der Waals surface area contributed by atoms with Crippen molar-refractivity contribution in [1.82, 2.24) is 74.0 Å². The molecular weight excluding hydrogens is 1800 g/mol. The quantitative estimate of drug-likeness (QED) is 0.0266. The van der Waals surface area contributed by atoms with Gasteiger partial charge < -0.3 is 50.0 Å². The van der Waals surface area contributed by atoms with Gasteiger partial charge >= 0.3 is 13.5 Å². The molecule has 0 saturated heterocycles. The lowest BCUT2D eigenvalue weighted by atomic mass is 10.0. The van der Waals surface area contributed by atoms with E-state index < -0.39 is 20.0 Å². The summed E-state index contributed by atoms with van der Waals surface area (Å²) in [6.45, 7) is 75.2. The van der Waals surface area contributed by atoms with Crippen LogP contribution in [0.25, 0.3) is 55.2 Å². The Labute approximate surface area is 861 Å². The van der Waals surface area contributed by atoms with Gasteiger partial charge in [0.25, 0.3) is 6.33 Å². The molecule has 15 aromatic rings. The number of hydrogen-bond donors (Lipinski definition) is 10. The van der Waals surface area contributed by atoms with E-state index in [1.165, 1.54) is 39.2 Å². The van der Waals surface area contributed by atoms with Gasteiger partial charge in [0, 0.05) is 36.8 Å². The van der Waals surface area contributed by atoms with E-state index in [0.717, 1.165) is 140 Å². The fourth-order valence-corrected chi connectivity index (χ4v) is 12.9. The lowest BCUT2D eigenvalue weighted by Crippen LogP contribution is -2.33. The van der Waals surface area contributed by atoms with Crippen LogP contribution in [-0.4, -0.2) is 123 Å². The zero-order valence-electron chi connectivity index (χ0n) is 94.7. The van der Waals surface area contributed by atoms with Gasteiger partial charge in [0.05, 0.1) is 92.7 Å². The van der Waals surface area contributed by atoms with Crippen molar-refractivity contribution in [1.29, 1.82) is 0 Å². The van der Waals surface area contributed by atoms with E-state index in [-0.39, 0.29) is 36.0 Å². The first-order chi connectivity index (χ1) is 67.1. The number of nitrogens with zero attached hydrogens (tertiary/aromatic N) is 11. The average Bonchev–Trinajstić information content (AvgIpc) is 1.68. The largest absolute Gasteiger partial charge is 0.469 e. The number of hydrogen-bond acceptors (Lipinski definition) is 13. The van der Waals surface area contributed by atoms with Crippen LogP contribution in [0.3, 0.4) is 0 Å². The van der Waals surface area contributed by atoms with Gasteiger partial charge in [-0.15, -0.1) is 4.68 Å². The number of aromatic nitrogens is 16. The van der Waals surface area contributed by atoms with E-state index in [0.29, 0.717) is 41.9 Å². The monoisotopic (exact) mass is 1990 g/mol. The molecule has 0 bridgehead atoms. The lowest BCUT2D eigenvalue weighted by molar-refractivity contribution is -0.672. The Hall–Kier alpha value is -10.8. The third-order valence-corrected chi connectivity index (χ3v) is 20.4. The number of H-pyrrole nitrogens is 5. The first-order valence-electron chi connectivity index (χ1n) is 51.7. The van der Waals surface area contributed by atoms with Crippen LogP contribution in [0.4, 0.5) is 0 Å². The second kappa shape index (κ2) is 73.3. The highest BCUT2D eigenvalue weighted by atomic mass is 31.2. The molecule has 0 radical (unpaired) electrons. The van der Waals surface area contributed by atoms with Gasteiger partial charge in [0.15, 0.2) is 0 Å². The maximum Gasteiger partial charge on any atom is 0.469 e. The van der Waals surface area contributed by atoms with Gasteiger partial charge in [-0.1, -0.05) is 366 Å². The molecule has 0 amide bonds. The summed E-state index contributed by atoms with van der Waals surface area (Å²) in [5.74, 6) is 12.8. The standard InChI is InChI=1S/C12H16N2O.C11H14N2.C10H12N2.C9H10N2.3C9H12.C8H16N3O5P.C8H16N3O.C8H8N2.C5H12O.5C4H10/c1-3-9(8(2)15)12-13-10-6-4-5-7-11(10)14-12;1-8(2)7-11-12-9-5-3-4-6-10(9)13-11;1-7(2)10-11-8-5-3-4-6-9(8)12-10;1-2-9-10-7-5-3-4-6-8(7)11-9;3*1-8(2)9-6-4-3-5-7-9;1-4-7(6(2)16-17(13,14)15)11-8(12)10(3)5-9-11;1-4-8(7(2)12)11-6-10(3)5-9-11;1-6-9-7-4-2-3-5-8(7)10-6;1-4(2)5(3)6;5*1-4(2)3/h4-9,15H,3H2,1-2H3,(H,13,14);3-6,8H,7H2,1-2H3,(H,12,13);3-7H,1-2H3,(H,11,12);3-6H,2H2,1H3,(H,10,11);3*3-8H,1-2H3;5-7H,4H2,1-3H3,(H2,13,14,15);5-8,12H,4H2,1-3H3;2-5H,1H3,(H,9,10);4-6H,1-3H3;5*4H,1-3H3/q;;;;;;;;+1;;;;;;;/t;;;;;;;6-,7+;7-,8+;;;;;;;/m.......11......./s1. The zero-order chi connectivity index (χ0) is 109. The Bertz CT molecular complexity index is 5430. The van der Waals surface area contributed by atoms with E-state index >= 15 is 0 Å². The molecular formula is C118H190N16O8P+. The summed E-state index contributed by atoms with van der Waals surface area (Å²) < 4.78 is 21.4. The summed E-state index contributed by atoms with van der Waals surface area (Å²) in [6, 6.07) is 71.4. The molecule has 0 aliphatic rings. The minimum absolute atomic E-state index is 0.0891. The molecule has 7 heterocycles. The minimum atomic E-state index is -4.57. The van der Waals surface area contributed by atoms with E-state index in [9.17, 15) is 19.6 Å². The van der Waals surface area contributed by atoms with Crippen molar-refractivity contribution in [3.05, 3.63) is 288 Å². The second-order valence-corrected chi connectivity index (χ2v) is 42.3.